The summed E-state index contributed by atoms with van der Waals surface area (Å²) in [5, 5.41) is 14.3. The number of methoxy groups -OCH3 is 2. The molecule has 0 aliphatic rings. The van der Waals surface area contributed by atoms with Crippen molar-refractivity contribution in [1.82, 2.24) is 5.32 Å². The molecule has 0 heterocycles. The molecule has 7 nitrogen and oxygen atoms in total. The number of rotatable bonds is 6. The van der Waals surface area contributed by atoms with Gasteiger partial charge in [-0.2, -0.15) is 5.26 Å². The van der Waals surface area contributed by atoms with Crippen LogP contribution in [0.2, 0.25) is 5.02 Å². The molecule has 0 saturated heterocycles. The van der Waals surface area contributed by atoms with E-state index in [1.807, 2.05) is 0 Å². The zero-order valence-corrected chi connectivity index (χ0v) is 12.7. The van der Waals surface area contributed by atoms with Gasteiger partial charge >= 0.3 is 5.97 Å². The van der Waals surface area contributed by atoms with E-state index in [2.05, 4.69) is 15.4 Å². The number of amides is 1. The zero-order chi connectivity index (χ0) is 16.5. The SMILES string of the molecule is COC(=O)CN/C=C(/C#N)C(=O)Nc1ccc(OC)c(Cl)c1. The highest BCUT2D eigenvalue weighted by Gasteiger charge is 2.11. The molecule has 0 atom stereocenters. The lowest BCUT2D eigenvalue weighted by molar-refractivity contribution is -0.139. The van der Waals surface area contributed by atoms with Crippen molar-refractivity contribution in [2.24, 2.45) is 0 Å². The van der Waals surface area contributed by atoms with Crippen molar-refractivity contribution in [1.29, 1.82) is 5.26 Å². The molecule has 0 unspecified atom stereocenters. The number of hydrogen-bond donors (Lipinski definition) is 2. The number of carbonyl (C=O) groups excluding carboxylic acids is 2. The first kappa shape index (κ1) is 17.3. The fraction of sp³-hybridized carbons (Fsp3) is 0.214. The maximum atomic E-state index is 11.9. The summed E-state index contributed by atoms with van der Waals surface area (Å²) in [7, 11) is 2.71. The number of nitrogens with zero attached hydrogens (tertiary/aromatic N) is 1. The van der Waals surface area contributed by atoms with Crippen molar-refractivity contribution >= 4 is 29.2 Å². The van der Waals surface area contributed by atoms with Crippen LogP contribution in [0.1, 0.15) is 0 Å². The molecule has 0 aromatic heterocycles. The first-order valence-corrected chi connectivity index (χ1v) is 6.45. The van der Waals surface area contributed by atoms with Crippen molar-refractivity contribution in [2.45, 2.75) is 0 Å². The molecule has 0 bridgehead atoms. The largest absolute Gasteiger partial charge is 0.495 e. The molecule has 0 aliphatic carbocycles. The van der Waals surface area contributed by atoms with Gasteiger partial charge < -0.3 is 20.1 Å². The fourth-order valence-electron chi connectivity index (χ4n) is 1.40. The van der Waals surface area contributed by atoms with Gasteiger partial charge in [0.2, 0.25) is 0 Å². The van der Waals surface area contributed by atoms with Crippen LogP contribution in [0.4, 0.5) is 5.69 Å². The van der Waals surface area contributed by atoms with E-state index in [4.69, 9.17) is 21.6 Å². The normalized spacial score (nSPS) is 10.4. The maximum absolute atomic E-state index is 11.9. The van der Waals surface area contributed by atoms with E-state index in [1.165, 1.54) is 20.3 Å². The summed E-state index contributed by atoms with van der Waals surface area (Å²) in [6, 6.07) is 6.39. The molecule has 22 heavy (non-hydrogen) atoms. The number of benzene rings is 1. The Morgan fingerprint density at radius 1 is 1.41 bits per heavy atom. The summed E-state index contributed by atoms with van der Waals surface area (Å²) in [4.78, 5) is 22.8. The van der Waals surface area contributed by atoms with Crippen molar-refractivity contribution < 1.29 is 19.1 Å². The molecule has 0 aliphatic heterocycles. The van der Waals surface area contributed by atoms with Crippen LogP contribution < -0.4 is 15.4 Å². The fourth-order valence-corrected chi connectivity index (χ4v) is 1.66. The van der Waals surface area contributed by atoms with Gasteiger partial charge in [-0.25, -0.2) is 0 Å². The number of carbonyl (C=O) groups is 2. The molecule has 0 saturated carbocycles. The maximum Gasteiger partial charge on any atom is 0.325 e. The van der Waals surface area contributed by atoms with E-state index in [0.29, 0.717) is 16.5 Å². The Bertz CT molecular complexity index is 637. The molecule has 8 heteroatoms. The first-order valence-electron chi connectivity index (χ1n) is 6.07. The van der Waals surface area contributed by atoms with Gasteiger partial charge in [0.1, 0.15) is 23.9 Å². The van der Waals surface area contributed by atoms with Gasteiger partial charge in [-0.05, 0) is 18.2 Å². The van der Waals surface area contributed by atoms with E-state index >= 15 is 0 Å². The van der Waals surface area contributed by atoms with E-state index < -0.39 is 11.9 Å². The monoisotopic (exact) mass is 323 g/mol. The first-order chi connectivity index (χ1) is 10.5. The molecule has 0 radical (unpaired) electrons. The highest BCUT2D eigenvalue weighted by Crippen LogP contribution is 2.27. The Kier molecular flexibility index (Phi) is 6.73. The predicted molar refractivity (Wildman–Crippen MR) is 80.3 cm³/mol. The van der Waals surface area contributed by atoms with Crippen LogP contribution in [-0.4, -0.2) is 32.6 Å². The summed E-state index contributed by atoms with van der Waals surface area (Å²) in [6.07, 6.45) is 1.14. The molecule has 2 N–H and O–H groups in total. The Labute approximate surface area is 132 Å². The Morgan fingerprint density at radius 2 is 2.14 bits per heavy atom. The highest BCUT2D eigenvalue weighted by atomic mass is 35.5. The van der Waals surface area contributed by atoms with Crippen molar-refractivity contribution in [3.8, 4) is 11.8 Å². The predicted octanol–water partition coefficient (Wildman–Crippen LogP) is 1.46. The van der Waals surface area contributed by atoms with Gasteiger partial charge in [0.05, 0.1) is 19.2 Å². The molecular weight excluding hydrogens is 310 g/mol. The number of hydrogen-bond acceptors (Lipinski definition) is 6. The van der Waals surface area contributed by atoms with Crippen LogP contribution in [0.15, 0.2) is 30.0 Å². The number of halogens is 1. The highest BCUT2D eigenvalue weighted by molar-refractivity contribution is 6.32. The quantitative estimate of drug-likeness (QED) is 0.467. The van der Waals surface area contributed by atoms with Gasteiger partial charge in [-0.1, -0.05) is 11.6 Å². The van der Waals surface area contributed by atoms with E-state index in [-0.39, 0.29) is 12.1 Å². The van der Waals surface area contributed by atoms with Gasteiger partial charge in [0, 0.05) is 11.9 Å². The molecule has 1 aromatic carbocycles. The molecule has 0 fully saturated rings. The van der Waals surface area contributed by atoms with Crippen molar-refractivity contribution in [3.05, 3.63) is 35.0 Å². The van der Waals surface area contributed by atoms with Gasteiger partial charge in [0.15, 0.2) is 0 Å². The van der Waals surface area contributed by atoms with Gasteiger partial charge in [-0.3, -0.25) is 9.59 Å². The van der Waals surface area contributed by atoms with Crippen LogP contribution in [0.5, 0.6) is 5.75 Å². The van der Waals surface area contributed by atoms with Crippen LogP contribution in [0.25, 0.3) is 0 Å². The minimum Gasteiger partial charge on any atom is -0.495 e. The van der Waals surface area contributed by atoms with E-state index in [1.54, 1.807) is 18.2 Å². The Balaban J connectivity index is 2.73. The second-order valence-electron chi connectivity index (χ2n) is 3.93. The third-order valence-electron chi connectivity index (χ3n) is 2.50. The lowest BCUT2D eigenvalue weighted by Crippen LogP contribution is -2.22. The summed E-state index contributed by atoms with van der Waals surface area (Å²) in [5.74, 6) is -0.688. The van der Waals surface area contributed by atoms with Crippen LogP contribution >= 0.6 is 11.6 Å². The third-order valence-corrected chi connectivity index (χ3v) is 2.79. The molecule has 1 aromatic rings. The van der Waals surface area contributed by atoms with E-state index in [9.17, 15) is 9.59 Å². The van der Waals surface area contributed by atoms with Gasteiger partial charge in [0.25, 0.3) is 5.91 Å². The van der Waals surface area contributed by atoms with Crippen molar-refractivity contribution in [2.75, 3.05) is 26.1 Å². The molecule has 0 spiro atoms. The second-order valence-corrected chi connectivity index (χ2v) is 4.34. The number of anilines is 1. The summed E-state index contributed by atoms with van der Waals surface area (Å²) in [5.41, 5.74) is 0.209. The summed E-state index contributed by atoms with van der Waals surface area (Å²) in [6.45, 7) is -0.149. The summed E-state index contributed by atoms with van der Waals surface area (Å²) < 4.78 is 9.41. The number of esters is 1. The average molecular weight is 324 g/mol. The lowest BCUT2D eigenvalue weighted by Gasteiger charge is -2.07. The average Bonchev–Trinajstić information content (AvgIpc) is 2.51. The van der Waals surface area contributed by atoms with Gasteiger partial charge in [-0.15, -0.1) is 0 Å². The van der Waals surface area contributed by atoms with Crippen LogP contribution in [0, 0.1) is 11.3 Å². The lowest BCUT2D eigenvalue weighted by atomic mass is 10.2. The Morgan fingerprint density at radius 3 is 2.68 bits per heavy atom. The third kappa shape index (κ3) is 5.00. The van der Waals surface area contributed by atoms with E-state index in [0.717, 1.165) is 6.20 Å². The second kappa shape index (κ2) is 8.54. The number of ether oxygens (including phenoxy) is 2. The zero-order valence-electron chi connectivity index (χ0n) is 12.0. The smallest absolute Gasteiger partial charge is 0.325 e. The molecule has 1 rings (SSSR count). The molecule has 116 valence electrons. The van der Waals surface area contributed by atoms with Crippen molar-refractivity contribution in [3.63, 3.8) is 0 Å². The minimum absolute atomic E-state index is 0.149. The Hall–Kier alpha value is -2.72. The topological polar surface area (TPSA) is 100 Å². The standard InChI is InChI=1S/C14H14ClN3O4/c1-21-12-4-3-10(5-11(12)15)18-14(20)9(6-16)7-17-8-13(19)22-2/h3-5,7,17H,8H2,1-2H3,(H,18,20)/b9-7-. The molecule has 1 amide bonds. The molecular formula is C14H14ClN3O4. The minimum atomic E-state index is -0.638. The summed E-state index contributed by atoms with van der Waals surface area (Å²) >= 11 is 5.94. The van der Waals surface area contributed by atoms with Crippen LogP contribution in [-0.2, 0) is 14.3 Å². The van der Waals surface area contributed by atoms with Crippen LogP contribution in [0.3, 0.4) is 0 Å². The number of nitriles is 1. The number of nitrogens with one attached hydrogen (secondary N) is 2.